The lowest BCUT2D eigenvalue weighted by Gasteiger charge is -2.31. The molecule has 1 atom stereocenters. The highest BCUT2D eigenvalue weighted by Crippen LogP contribution is 2.37. The Bertz CT molecular complexity index is 653. The summed E-state index contributed by atoms with van der Waals surface area (Å²) >= 11 is 0. The third kappa shape index (κ3) is 3.18. The second-order valence-corrected chi connectivity index (χ2v) is 5.96. The Kier molecular flexibility index (Phi) is 4.92. The summed E-state index contributed by atoms with van der Waals surface area (Å²) in [4.78, 5) is 32.3. The number of morpholine rings is 1. The molecule has 7 heteroatoms. The lowest BCUT2D eigenvalue weighted by Crippen LogP contribution is -2.43. The summed E-state index contributed by atoms with van der Waals surface area (Å²) in [6.45, 7) is 5.47. The van der Waals surface area contributed by atoms with Crippen molar-refractivity contribution in [1.82, 2.24) is 14.8 Å². The highest BCUT2D eigenvalue weighted by Gasteiger charge is 2.42. The third-order valence-corrected chi connectivity index (χ3v) is 4.44. The summed E-state index contributed by atoms with van der Waals surface area (Å²) in [6, 6.07) is 2.99. The van der Waals surface area contributed by atoms with Crippen molar-refractivity contribution in [2.45, 2.75) is 13.0 Å². The lowest BCUT2D eigenvalue weighted by atomic mass is 9.98. The molecular formula is C17H21N3O4. The van der Waals surface area contributed by atoms with Crippen molar-refractivity contribution < 1.29 is 19.4 Å². The molecular weight excluding hydrogens is 310 g/mol. The summed E-state index contributed by atoms with van der Waals surface area (Å²) in [7, 11) is 0. The van der Waals surface area contributed by atoms with Crippen LogP contribution in [0.2, 0.25) is 0 Å². The molecule has 1 N–H and O–H groups in total. The summed E-state index contributed by atoms with van der Waals surface area (Å²) in [5.74, 6) is -1.25. The van der Waals surface area contributed by atoms with Crippen molar-refractivity contribution >= 4 is 11.7 Å². The standard InChI is InChI=1S/C17H21N3O4/c1-12(21)14-15(13-3-2-4-18-11-13)20(17(23)16(14)22)6-5-19-7-9-24-10-8-19/h2-4,11,15,22H,5-10H2,1H3. The summed E-state index contributed by atoms with van der Waals surface area (Å²) in [6.07, 6.45) is 3.26. The number of nitrogens with zero attached hydrogens (tertiary/aromatic N) is 3. The van der Waals surface area contributed by atoms with Crippen LogP contribution in [-0.2, 0) is 14.3 Å². The van der Waals surface area contributed by atoms with Gasteiger partial charge >= 0.3 is 0 Å². The molecule has 0 aromatic carbocycles. The maximum Gasteiger partial charge on any atom is 0.290 e. The smallest absolute Gasteiger partial charge is 0.290 e. The second-order valence-electron chi connectivity index (χ2n) is 5.96. The van der Waals surface area contributed by atoms with Gasteiger partial charge in [-0.25, -0.2) is 0 Å². The van der Waals surface area contributed by atoms with Gasteiger partial charge in [-0.2, -0.15) is 0 Å². The predicted molar refractivity (Wildman–Crippen MR) is 86.3 cm³/mol. The quantitative estimate of drug-likeness (QED) is 0.855. The number of aliphatic hydroxyl groups excluding tert-OH is 1. The lowest BCUT2D eigenvalue weighted by molar-refractivity contribution is -0.129. The number of carbonyl (C=O) groups excluding carboxylic acids is 2. The molecule has 1 saturated heterocycles. The number of aliphatic hydroxyl groups is 1. The number of ether oxygens (including phenoxy) is 1. The van der Waals surface area contributed by atoms with E-state index in [1.807, 2.05) is 6.07 Å². The Balaban J connectivity index is 1.83. The molecule has 0 saturated carbocycles. The Morgan fingerprint density at radius 2 is 2.12 bits per heavy atom. The Morgan fingerprint density at radius 1 is 1.38 bits per heavy atom. The van der Waals surface area contributed by atoms with Crippen molar-refractivity contribution in [3.8, 4) is 0 Å². The molecule has 128 valence electrons. The number of rotatable bonds is 5. The fourth-order valence-corrected chi connectivity index (χ4v) is 3.20. The molecule has 7 nitrogen and oxygen atoms in total. The fourth-order valence-electron chi connectivity index (χ4n) is 3.20. The largest absolute Gasteiger partial charge is 0.503 e. The molecule has 24 heavy (non-hydrogen) atoms. The van der Waals surface area contributed by atoms with Gasteiger partial charge in [0, 0.05) is 38.6 Å². The van der Waals surface area contributed by atoms with Gasteiger partial charge in [0.2, 0.25) is 0 Å². The molecule has 0 aliphatic carbocycles. The maximum absolute atomic E-state index is 12.5. The predicted octanol–water partition coefficient (Wildman–Crippen LogP) is 0.698. The van der Waals surface area contributed by atoms with Crippen LogP contribution < -0.4 is 0 Å². The zero-order valence-corrected chi connectivity index (χ0v) is 13.6. The highest BCUT2D eigenvalue weighted by atomic mass is 16.5. The van der Waals surface area contributed by atoms with E-state index < -0.39 is 17.7 Å². The van der Waals surface area contributed by atoms with Crippen molar-refractivity contribution in [2.24, 2.45) is 0 Å². The van der Waals surface area contributed by atoms with Crippen LogP contribution in [-0.4, -0.2) is 71.0 Å². The molecule has 1 aromatic rings. The van der Waals surface area contributed by atoms with E-state index in [-0.39, 0.29) is 11.4 Å². The normalized spacial score (nSPS) is 22.3. The van der Waals surface area contributed by atoms with E-state index in [1.54, 1.807) is 23.4 Å². The van der Waals surface area contributed by atoms with Crippen LogP contribution in [0.3, 0.4) is 0 Å². The number of hydrogen-bond acceptors (Lipinski definition) is 6. The number of ketones is 1. The Morgan fingerprint density at radius 3 is 2.75 bits per heavy atom. The van der Waals surface area contributed by atoms with Crippen molar-refractivity contribution in [3.63, 3.8) is 0 Å². The van der Waals surface area contributed by atoms with Gasteiger partial charge in [-0.15, -0.1) is 0 Å². The highest BCUT2D eigenvalue weighted by molar-refractivity contribution is 6.08. The first-order valence-electron chi connectivity index (χ1n) is 8.04. The molecule has 1 unspecified atom stereocenters. The Labute approximate surface area is 140 Å². The maximum atomic E-state index is 12.5. The van der Waals surface area contributed by atoms with Gasteiger partial charge in [0.15, 0.2) is 11.5 Å². The molecule has 0 bridgehead atoms. The fraction of sp³-hybridized carbons (Fsp3) is 0.471. The van der Waals surface area contributed by atoms with Crippen LogP contribution in [0.1, 0.15) is 18.5 Å². The van der Waals surface area contributed by atoms with Gasteiger partial charge in [0.1, 0.15) is 0 Å². The van der Waals surface area contributed by atoms with Gasteiger partial charge in [0.25, 0.3) is 5.91 Å². The van der Waals surface area contributed by atoms with E-state index >= 15 is 0 Å². The SMILES string of the molecule is CC(=O)C1=C(O)C(=O)N(CCN2CCOCC2)C1c1cccnc1. The minimum Gasteiger partial charge on any atom is -0.503 e. The topological polar surface area (TPSA) is 83.0 Å². The minimum absolute atomic E-state index is 0.148. The average Bonchev–Trinajstić information content (AvgIpc) is 2.86. The zero-order valence-electron chi connectivity index (χ0n) is 13.6. The van der Waals surface area contributed by atoms with Crippen molar-refractivity contribution in [3.05, 3.63) is 41.4 Å². The van der Waals surface area contributed by atoms with Crippen LogP contribution in [0, 0.1) is 0 Å². The van der Waals surface area contributed by atoms with Gasteiger partial charge in [-0.05, 0) is 18.6 Å². The van der Waals surface area contributed by atoms with Crippen LogP contribution in [0.5, 0.6) is 0 Å². The van der Waals surface area contributed by atoms with Crippen LogP contribution in [0.4, 0.5) is 0 Å². The Hall–Kier alpha value is -2.25. The molecule has 2 aliphatic rings. The third-order valence-electron chi connectivity index (χ3n) is 4.44. The van der Waals surface area contributed by atoms with Gasteiger partial charge in [-0.1, -0.05) is 6.07 Å². The number of carbonyl (C=O) groups is 2. The van der Waals surface area contributed by atoms with Crippen LogP contribution >= 0.6 is 0 Å². The number of aromatic nitrogens is 1. The van der Waals surface area contributed by atoms with E-state index in [0.29, 0.717) is 26.3 Å². The monoisotopic (exact) mass is 331 g/mol. The first kappa shape index (κ1) is 16.6. The van der Waals surface area contributed by atoms with Gasteiger partial charge < -0.3 is 14.7 Å². The first-order chi connectivity index (χ1) is 11.6. The zero-order chi connectivity index (χ0) is 17.1. The van der Waals surface area contributed by atoms with Crippen molar-refractivity contribution in [1.29, 1.82) is 0 Å². The van der Waals surface area contributed by atoms with Crippen LogP contribution in [0.25, 0.3) is 0 Å². The number of pyridine rings is 1. The molecule has 0 spiro atoms. The number of hydrogen-bond donors (Lipinski definition) is 1. The molecule has 1 amide bonds. The summed E-state index contributed by atoms with van der Waals surface area (Å²) in [5.41, 5.74) is 0.872. The van der Waals surface area contributed by atoms with E-state index in [1.165, 1.54) is 6.92 Å². The molecule has 1 aromatic heterocycles. The number of amides is 1. The molecule has 2 aliphatic heterocycles. The minimum atomic E-state index is -0.579. The molecule has 3 heterocycles. The van der Waals surface area contributed by atoms with Crippen molar-refractivity contribution in [2.75, 3.05) is 39.4 Å². The van der Waals surface area contributed by atoms with E-state index in [9.17, 15) is 14.7 Å². The second kappa shape index (κ2) is 7.11. The molecule has 1 fully saturated rings. The van der Waals surface area contributed by atoms with E-state index in [0.717, 1.165) is 18.7 Å². The summed E-state index contributed by atoms with van der Waals surface area (Å²) in [5, 5.41) is 10.2. The average molecular weight is 331 g/mol. The molecule has 0 radical (unpaired) electrons. The summed E-state index contributed by atoms with van der Waals surface area (Å²) < 4.78 is 5.33. The van der Waals surface area contributed by atoms with E-state index in [2.05, 4.69) is 9.88 Å². The van der Waals surface area contributed by atoms with Gasteiger partial charge in [-0.3, -0.25) is 19.5 Å². The van der Waals surface area contributed by atoms with Gasteiger partial charge in [0.05, 0.1) is 24.8 Å². The van der Waals surface area contributed by atoms with Crippen LogP contribution in [0.15, 0.2) is 35.9 Å². The molecule has 3 rings (SSSR count). The van der Waals surface area contributed by atoms with E-state index in [4.69, 9.17) is 4.74 Å². The first-order valence-corrected chi connectivity index (χ1v) is 8.04. The number of Topliss-reactive ketones (excluding diaryl/α,β-unsaturated/α-hetero) is 1.